The van der Waals surface area contributed by atoms with Gasteiger partial charge in [-0.1, -0.05) is 20.8 Å². The molecular formula is C18H27N7O. The van der Waals surface area contributed by atoms with Gasteiger partial charge in [0.05, 0.1) is 6.04 Å². The van der Waals surface area contributed by atoms with Crippen molar-refractivity contribution in [2.45, 2.75) is 44.7 Å². The summed E-state index contributed by atoms with van der Waals surface area (Å²) in [6.45, 7) is 8.96. The highest BCUT2D eigenvalue weighted by atomic mass is 16.2. The molecular weight excluding hydrogens is 330 g/mol. The quantitative estimate of drug-likeness (QED) is 0.808. The number of carbonyl (C=O) groups is 1. The van der Waals surface area contributed by atoms with Crippen LogP contribution in [0.3, 0.4) is 0 Å². The van der Waals surface area contributed by atoms with Crippen LogP contribution < -0.4 is 4.90 Å². The molecule has 0 aromatic carbocycles. The van der Waals surface area contributed by atoms with E-state index in [1.807, 2.05) is 28.6 Å². The lowest BCUT2D eigenvalue weighted by molar-refractivity contribution is -0.131. The summed E-state index contributed by atoms with van der Waals surface area (Å²) in [5, 5.41) is 13.3. The van der Waals surface area contributed by atoms with Crippen molar-refractivity contribution in [2.75, 3.05) is 38.6 Å². The maximum absolute atomic E-state index is 12.2. The van der Waals surface area contributed by atoms with E-state index in [0.29, 0.717) is 6.04 Å². The average Bonchev–Trinajstić information content (AvgIpc) is 3.09. The summed E-state index contributed by atoms with van der Waals surface area (Å²) in [5.41, 5.74) is 0.657. The van der Waals surface area contributed by atoms with Crippen molar-refractivity contribution in [1.29, 1.82) is 0 Å². The van der Waals surface area contributed by atoms with E-state index in [-0.39, 0.29) is 17.4 Å². The van der Waals surface area contributed by atoms with E-state index in [4.69, 9.17) is 5.10 Å². The molecule has 0 spiro atoms. The van der Waals surface area contributed by atoms with Crippen molar-refractivity contribution in [3.8, 4) is 0 Å². The highest BCUT2D eigenvalue weighted by Crippen LogP contribution is 2.26. The third-order valence-corrected chi connectivity index (χ3v) is 5.57. The topological polar surface area (TPSA) is 69.9 Å². The second-order valence-electron chi connectivity index (χ2n) is 8.52. The molecule has 2 aliphatic heterocycles. The van der Waals surface area contributed by atoms with E-state index in [2.05, 4.69) is 47.8 Å². The van der Waals surface area contributed by atoms with Gasteiger partial charge in [-0.05, 0) is 25.6 Å². The lowest BCUT2D eigenvalue weighted by Gasteiger charge is -2.46. The summed E-state index contributed by atoms with van der Waals surface area (Å²) in [4.78, 5) is 18.5. The van der Waals surface area contributed by atoms with Gasteiger partial charge in [-0.25, -0.2) is 0 Å². The van der Waals surface area contributed by atoms with Crippen LogP contribution in [0.15, 0.2) is 12.1 Å². The van der Waals surface area contributed by atoms with Gasteiger partial charge in [0.25, 0.3) is 0 Å². The summed E-state index contributed by atoms with van der Waals surface area (Å²) in [5.74, 6) is 2.04. The molecule has 26 heavy (non-hydrogen) atoms. The van der Waals surface area contributed by atoms with Crippen LogP contribution in [-0.2, 0) is 10.2 Å². The minimum Gasteiger partial charge on any atom is -0.352 e. The first-order valence-corrected chi connectivity index (χ1v) is 9.20. The van der Waals surface area contributed by atoms with Gasteiger partial charge in [0.15, 0.2) is 11.5 Å². The molecule has 1 atom stereocenters. The fourth-order valence-corrected chi connectivity index (χ4v) is 3.75. The molecule has 2 aromatic rings. The summed E-state index contributed by atoms with van der Waals surface area (Å²) < 4.78 is 1.85. The van der Waals surface area contributed by atoms with Crippen LogP contribution in [0.1, 0.15) is 33.0 Å². The molecule has 0 radical (unpaired) electrons. The maximum atomic E-state index is 12.2. The van der Waals surface area contributed by atoms with Crippen LogP contribution in [0.4, 0.5) is 5.82 Å². The number of anilines is 1. The predicted molar refractivity (Wildman–Crippen MR) is 99.3 cm³/mol. The molecule has 0 aliphatic carbocycles. The Balaban J connectivity index is 1.48. The molecule has 2 aliphatic rings. The van der Waals surface area contributed by atoms with Gasteiger partial charge in [0, 0.05) is 38.1 Å². The number of carbonyl (C=O) groups excluding carboxylic acids is 1. The molecule has 140 valence electrons. The van der Waals surface area contributed by atoms with Crippen LogP contribution in [0.5, 0.6) is 0 Å². The smallest absolute Gasteiger partial charge is 0.239 e. The Bertz CT molecular complexity index is 834. The summed E-state index contributed by atoms with van der Waals surface area (Å²) >= 11 is 0. The molecule has 4 rings (SSSR count). The maximum Gasteiger partial charge on any atom is 0.239 e. The van der Waals surface area contributed by atoms with Gasteiger partial charge in [-0.2, -0.15) is 4.52 Å². The Morgan fingerprint density at radius 2 is 1.92 bits per heavy atom. The van der Waals surface area contributed by atoms with E-state index in [9.17, 15) is 4.79 Å². The van der Waals surface area contributed by atoms with Crippen molar-refractivity contribution >= 4 is 17.4 Å². The molecule has 1 amide bonds. The summed E-state index contributed by atoms with van der Waals surface area (Å²) in [6.07, 6.45) is 0.919. The Hall–Kier alpha value is -2.22. The Morgan fingerprint density at radius 3 is 2.54 bits per heavy atom. The Morgan fingerprint density at radius 1 is 1.19 bits per heavy atom. The van der Waals surface area contributed by atoms with Crippen molar-refractivity contribution in [2.24, 2.45) is 0 Å². The van der Waals surface area contributed by atoms with Crippen molar-refractivity contribution in [3.05, 3.63) is 18.0 Å². The molecule has 8 nitrogen and oxygen atoms in total. The number of nitrogens with zero attached hydrogens (tertiary/aromatic N) is 7. The molecule has 0 bridgehead atoms. The molecule has 0 saturated carbocycles. The van der Waals surface area contributed by atoms with Crippen molar-refractivity contribution < 1.29 is 4.79 Å². The van der Waals surface area contributed by atoms with Crippen molar-refractivity contribution in [1.82, 2.24) is 29.6 Å². The second kappa shape index (κ2) is 5.90. The zero-order valence-electron chi connectivity index (χ0n) is 16.2. The summed E-state index contributed by atoms with van der Waals surface area (Å²) in [6, 6.07) is 4.38. The molecule has 8 heteroatoms. The van der Waals surface area contributed by atoms with Gasteiger partial charge in [-0.3, -0.25) is 9.69 Å². The zero-order valence-corrected chi connectivity index (χ0v) is 16.2. The van der Waals surface area contributed by atoms with Gasteiger partial charge < -0.3 is 9.80 Å². The number of likely N-dealkylation sites (N-methyl/N-ethyl adjacent to an activating group) is 2. The first kappa shape index (κ1) is 17.2. The number of hydrogen-bond donors (Lipinski definition) is 0. The molecule has 4 heterocycles. The average molecular weight is 357 g/mol. The van der Waals surface area contributed by atoms with Crippen LogP contribution >= 0.6 is 0 Å². The largest absolute Gasteiger partial charge is 0.352 e. The highest BCUT2D eigenvalue weighted by Gasteiger charge is 2.40. The van der Waals surface area contributed by atoms with E-state index in [0.717, 1.165) is 43.3 Å². The first-order valence-electron chi connectivity index (χ1n) is 9.20. The van der Waals surface area contributed by atoms with E-state index in [1.165, 1.54) is 0 Å². The van der Waals surface area contributed by atoms with Crippen LogP contribution in [-0.4, -0.2) is 81.3 Å². The molecule has 2 aromatic heterocycles. The van der Waals surface area contributed by atoms with Gasteiger partial charge in [0.1, 0.15) is 5.82 Å². The fraction of sp³-hybridized carbons (Fsp3) is 0.667. The van der Waals surface area contributed by atoms with E-state index in [1.54, 1.807) is 0 Å². The number of fused-ring (bicyclic) bond motifs is 1. The Labute approximate surface area is 153 Å². The van der Waals surface area contributed by atoms with Crippen LogP contribution in [0.2, 0.25) is 0 Å². The zero-order chi connectivity index (χ0) is 18.6. The number of rotatable bonds is 3. The predicted octanol–water partition coefficient (Wildman–Crippen LogP) is 0.773. The molecule has 2 fully saturated rings. The Kier molecular flexibility index (Phi) is 3.91. The minimum atomic E-state index is -0.113. The van der Waals surface area contributed by atoms with E-state index >= 15 is 0 Å². The number of aromatic nitrogens is 4. The number of hydrogen-bond acceptors (Lipinski definition) is 6. The van der Waals surface area contributed by atoms with E-state index < -0.39 is 0 Å². The third kappa shape index (κ3) is 2.72. The third-order valence-electron chi connectivity index (χ3n) is 5.57. The van der Waals surface area contributed by atoms with Gasteiger partial charge in [0.2, 0.25) is 5.91 Å². The summed E-state index contributed by atoms with van der Waals surface area (Å²) in [7, 11) is 3.95. The van der Waals surface area contributed by atoms with Gasteiger partial charge >= 0.3 is 0 Å². The normalized spacial score (nSPS) is 21.9. The monoisotopic (exact) mass is 357 g/mol. The highest BCUT2D eigenvalue weighted by molar-refractivity contribution is 5.83. The lowest BCUT2D eigenvalue weighted by Crippen LogP contribution is -2.62. The van der Waals surface area contributed by atoms with Crippen LogP contribution in [0, 0.1) is 0 Å². The number of likely N-dealkylation sites (tertiary alicyclic amines) is 1. The molecule has 1 unspecified atom stereocenters. The van der Waals surface area contributed by atoms with Crippen molar-refractivity contribution in [3.63, 3.8) is 0 Å². The first-order chi connectivity index (χ1) is 12.3. The molecule has 0 N–H and O–H groups in total. The SMILES string of the molecule is CN1CCC(N(C)C2CN(c3ccc4nnc(C(C)(C)C)n4n3)C2)C1=O. The lowest BCUT2D eigenvalue weighted by atomic mass is 9.96. The fourth-order valence-electron chi connectivity index (χ4n) is 3.75. The molecule has 2 saturated heterocycles. The minimum absolute atomic E-state index is 0.0212. The number of amides is 1. The van der Waals surface area contributed by atoms with Gasteiger partial charge in [-0.15, -0.1) is 15.3 Å². The van der Waals surface area contributed by atoms with Crippen LogP contribution in [0.25, 0.3) is 5.65 Å². The second-order valence-corrected chi connectivity index (χ2v) is 8.52. The standard InChI is InChI=1S/C18H27N7O/c1-18(2,3)17-20-19-14-6-7-15(21-25(14)17)24-10-12(11-24)23(5)13-8-9-22(4)16(13)26/h6-7,12-13H,8-11H2,1-5H3.